The summed E-state index contributed by atoms with van der Waals surface area (Å²) in [4.78, 5) is 17.1. The highest BCUT2D eigenvalue weighted by molar-refractivity contribution is 6.31. The normalized spacial score (nSPS) is 10.8. The van der Waals surface area contributed by atoms with Gasteiger partial charge in [0, 0.05) is 23.0 Å². The molecule has 0 fully saturated rings. The third-order valence-corrected chi connectivity index (χ3v) is 4.80. The molecule has 0 aliphatic rings. The second-order valence-electron chi connectivity index (χ2n) is 6.82. The first kappa shape index (κ1) is 19.8. The molecule has 0 aliphatic heterocycles. The van der Waals surface area contributed by atoms with Gasteiger partial charge < -0.3 is 19.2 Å². The molecular formula is C23H20ClN3O3. The molecule has 2 aromatic heterocycles. The van der Waals surface area contributed by atoms with Crippen molar-refractivity contribution in [1.82, 2.24) is 9.38 Å². The van der Waals surface area contributed by atoms with E-state index in [1.54, 1.807) is 42.5 Å². The van der Waals surface area contributed by atoms with Gasteiger partial charge in [-0.1, -0.05) is 17.7 Å². The molecule has 4 rings (SSSR count). The second kappa shape index (κ2) is 8.47. The quantitative estimate of drug-likeness (QED) is 0.468. The Labute approximate surface area is 179 Å². The van der Waals surface area contributed by atoms with Gasteiger partial charge in [-0.15, -0.1) is 0 Å². The Morgan fingerprint density at radius 1 is 1.10 bits per heavy atom. The number of imidazole rings is 1. The number of hydrogen-bond donors (Lipinski definition) is 1. The molecule has 4 aromatic rings. The number of carbonyl (C=O) groups excluding carboxylic acids is 1. The van der Waals surface area contributed by atoms with Crippen LogP contribution in [0.5, 0.6) is 11.5 Å². The number of nitrogens with one attached hydrogen (secondary N) is 1. The van der Waals surface area contributed by atoms with Gasteiger partial charge in [-0.2, -0.15) is 0 Å². The van der Waals surface area contributed by atoms with Crippen molar-refractivity contribution in [2.75, 3.05) is 12.4 Å². The molecular weight excluding hydrogens is 402 g/mol. The molecule has 1 amide bonds. The fourth-order valence-electron chi connectivity index (χ4n) is 3.06. The van der Waals surface area contributed by atoms with Crippen LogP contribution < -0.4 is 14.8 Å². The molecule has 0 saturated carbocycles. The number of ether oxygens (including phenoxy) is 2. The summed E-state index contributed by atoms with van der Waals surface area (Å²) in [5, 5.41) is 3.32. The molecule has 0 saturated heterocycles. The minimum Gasteiger partial charge on any atom is -0.495 e. The van der Waals surface area contributed by atoms with Crippen LogP contribution in [-0.4, -0.2) is 22.4 Å². The van der Waals surface area contributed by atoms with E-state index < -0.39 is 0 Å². The number of amides is 1. The molecule has 30 heavy (non-hydrogen) atoms. The summed E-state index contributed by atoms with van der Waals surface area (Å²) in [6, 6.07) is 16.0. The Hall–Kier alpha value is -3.51. The van der Waals surface area contributed by atoms with Gasteiger partial charge in [-0.25, -0.2) is 4.98 Å². The van der Waals surface area contributed by atoms with Crippen molar-refractivity contribution < 1.29 is 14.3 Å². The fourth-order valence-corrected chi connectivity index (χ4v) is 3.23. The monoisotopic (exact) mass is 421 g/mol. The number of aromatic nitrogens is 2. The van der Waals surface area contributed by atoms with Gasteiger partial charge >= 0.3 is 0 Å². The van der Waals surface area contributed by atoms with Crippen molar-refractivity contribution in [2.45, 2.75) is 13.5 Å². The number of nitrogens with zero attached hydrogens (tertiary/aromatic N) is 2. The molecule has 7 heteroatoms. The Morgan fingerprint density at radius 2 is 1.90 bits per heavy atom. The van der Waals surface area contributed by atoms with Crippen LogP contribution in [0.25, 0.3) is 5.65 Å². The number of methoxy groups -OCH3 is 1. The van der Waals surface area contributed by atoms with Crippen molar-refractivity contribution in [2.24, 2.45) is 0 Å². The SMILES string of the molecule is COc1ccc(Cl)cc1NC(=O)c1ccc(OCc2cn3cc(C)ccc3n2)cc1. The zero-order valence-corrected chi connectivity index (χ0v) is 17.3. The molecule has 0 spiro atoms. The molecule has 1 N–H and O–H groups in total. The van der Waals surface area contributed by atoms with Gasteiger partial charge in [-0.05, 0) is 61.0 Å². The predicted molar refractivity (Wildman–Crippen MR) is 117 cm³/mol. The summed E-state index contributed by atoms with van der Waals surface area (Å²) in [5.41, 5.74) is 3.87. The first-order valence-corrected chi connectivity index (χ1v) is 9.71. The van der Waals surface area contributed by atoms with Gasteiger partial charge in [0.2, 0.25) is 0 Å². The zero-order valence-electron chi connectivity index (χ0n) is 16.6. The molecule has 0 aliphatic carbocycles. The summed E-state index contributed by atoms with van der Waals surface area (Å²) in [7, 11) is 1.54. The van der Waals surface area contributed by atoms with E-state index in [0.717, 1.165) is 16.9 Å². The van der Waals surface area contributed by atoms with Crippen LogP contribution in [0.15, 0.2) is 67.0 Å². The van der Waals surface area contributed by atoms with E-state index >= 15 is 0 Å². The number of aryl methyl sites for hydroxylation is 1. The summed E-state index contributed by atoms with van der Waals surface area (Å²) in [6.07, 6.45) is 3.97. The van der Waals surface area contributed by atoms with Crippen LogP contribution >= 0.6 is 11.6 Å². The Kier molecular flexibility index (Phi) is 5.59. The van der Waals surface area contributed by atoms with Gasteiger partial charge in [0.05, 0.1) is 18.5 Å². The first-order valence-electron chi connectivity index (χ1n) is 9.34. The number of pyridine rings is 1. The predicted octanol–water partition coefficient (Wildman–Crippen LogP) is 5.14. The highest BCUT2D eigenvalue weighted by Crippen LogP contribution is 2.28. The molecule has 2 aromatic carbocycles. The lowest BCUT2D eigenvalue weighted by Crippen LogP contribution is -2.12. The van der Waals surface area contributed by atoms with E-state index in [2.05, 4.69) is 10.3 Å². The standard InChI is InChI=1S/C23H20ClN3O3/c1-15-3-10-22-25-18(13-27(22)12-15)14-30-19-7-4-16(5-8-19)23(28)26-20-11-17(24)6-9-21(20)29-2/h3-13H,14H2,1-2H3,(H,26,28). The third-order valence-electron chi connectivity index (χ3n) is 4.56. The van der Waals surface area contributed by atoms with Gasteiger partial charge in [-0.3, -0.25) is 4.79 Å². The van der Waals surface area contributed by atoms with Crippen molar-refractivity contribution >= 4 is 28.8 Å². The van der Waals surface area contributed by atoms with Crippen LogP contribution in [0.3, 0.4) is 0 Å². The summed E-state index contributed by atoms with van der Waals surface area (Å²) in [6.45, 7) is 2.38. The minimum atomic E-state index is -0.266. The highest BCUT2D eigenvalue weighted by atomic mass is 35.5. The van der Waals surface area contributed by atoms with Crippen LogP contribution in [0.4, 0.5) is 5.69 Å². The van der Waals surface area contributed by atoms with Crippen LogP contribution in [0, 0.1) is 6.92 Å². The minimum absolute atomic E-state index is 0.266. The van der Waals surface area contributed by atoms with Gasteiger partial charge in [0.15, 0.2) is 0 Å². The molecule has 2 heterocycles. The number of carbonyl (C=O) groups is 1. The Balaban J connectivity index is 1.41. The van der Waals surface area contributed by atoms with Gasteiger partial charge in [0.1, 0.15) is 23.8 Å². The first-order chi connectivity index (χ1) is 14.5. The van der Waals surface area contributed by atoms with Crippen LogP contribution in [0.2, 0.25) is 5.02 Å². The van der Waals surface area contributed by atoms with Crippen molar-refractivity contribution in [3.63, 3.8) is 0 Å². The van der Waals surface area contributed by atoms with E-state index in [9.17, 15) is 4.79 Å². The smallest absolute Gasteiger partial charge is 0.255 e. The molecule has 0 radical (unpaired) electrons. The zero-order chi connectivity index (χ0) is 21.1. The topological polar surface area (TPSA) is 64.9 Å². The number of anilines is 1. The second-order valence-corrected chi connectivity index (χ2v) is 7.25. The lowest BCUT2D eigenvalue weighted by atomic mass is 10.2. The van der Waals surface area contributed by atoms with Crippen molar-refractivity contribution in [3.8, 4) is 11.5 Å². The summed E-state index contributed by atoms with van der Waals surface area (Å²) in [5.74, 6) is 0.924. The molecule has 152 valence electrons. The average Bonchev–Trinajstić information content (AvgIpc) is 3.15. The fraction of sp³-hybridized carbons (Fsp3) is 0.130. The number of fused-ring (bicyclic) bond motifs is 1. The van der Waals surface area contributed by atoms with E-state index in [1.807, 2.05) is 35.9 Å². The number of halogens is 1. The molecule has 6 nitrogen and oxygen atoms in total. The van der Waals surface area contributed by atoms with Crippen molar-refractivity contribution in [3.05, 3.63) is 88.8 Å². The van der Waals surface area contributed by atoms with E-state index in [4.69, 9.17) is 21.1 Å². The number of benzene rings is 2. The maximum absolute atomic E-state index is 12.5. The lowest BCUT2D eigenvalue weighted by Gasteiger charge is -2.11. The maximum atomic E-state index is 12.5. The molecule has 0 bridgehead atoms. The third kappa shape index (κ3) is 4.39. The van der Waals surface area contributed by atoms with E-state index in [1.165, 1.54) is 7.11 Å². The van der Waals surface area contributed by atoms with Crippen LogP contribution in [-0.2, 0) is 6.61 Å². The lowest BCUT2D eigenvalue weighted by molar-refractivity contribution is 0.102. The number of hydrogen-bond acceptors (Lipinski definition) is 4. The summed E-state index contributed by atoms with van der Waals surface area (Å²) >= 11 is 6.01. The Morgan fingerprint density at radius 3 is 2.67 bits per heavy atom. The van der Waals surface area contributed by atoms with E-state index in [-0.39, 0.29) is 5.91 Å². The molecule has 0 unspecified atom stereocenters. The highest BCUT2D eigenvalue weighted by Gasteiger charge is 2.11. The summed E-state index contributed by atoms with van der Waals surface area (Å²) < 4.78 is 13.0. The Bertz CT molecular complexity index is 1200. The van der Waals surface area contributed by atoms with Crippen LogP contribution in [0.1, 0.15) is 21.6 Å². The average molecular weight is 422 g/mol. The van der Waals surface area contributed by atoms with E-state index in [0.29, 0.717) is 34.4 Å². The number of rotatable bonds is 6. The maximum Gasteiger partial charge on any atom is 0.255 e. The van der Waals surface area contributed by atoms with Crippen molar-refractivity contribution in [1.29, 1.82) is 0 Å². The largest absolute Gasteiger partial charge is 0.495 e. The molecule has 0 atom stereocenters. The van der Waals surface area contributed by atoms with Gasteiger partial charge in [0.25, 0.3) is 5.91 Å².